The lowest BCUT2D eigenvalue weighted by atomic mass is 10.2. The van der Waals surface area contributed by atoms with E-state index < -0.39 is 0 Å². The minimum Gasteiger partial charge on any atom is -0.376 e. The molecule has 6 rings (SSSR count). The fraction of sp³-hybridized carbons (Fsp3) is 0.375. The first-order valence-corrected chi connectivity index (χ1v) is 13.7. The molecule has 1 aliphatic carbocycles. The molecule has 2 aliphatic rings. The van der Waals surface area contributed by atoms with Crippen LogP contribution in [0.1, 0.15) is 35.4 Å². The maximum absolute atomic E-state index is 13.6. The zero-order chi connectivity index (χ0) is 21.5. The molecule has 32 heavy (non-hydrogen) atoms. The van der Waals surface area contributed by atoms with E-state index in [1.54, 1.807) is 34.4 Å². The first-order chi connectivity index (χ1) is 15.8. The van der Waals surface area contributed by atoms with Crippen LogP contribution in [0, 0.1) is 0 Å². The summed E-state index contributed by atoms with van der Waals surface area (Å²) in [5, 5.41) is 4.77. The highest BCUT2D eigenvalue weighted by Crippen LogP contribution is 2.36. The van der Waals surface area contributed by atoms with Crippen molar-refractivity contribution >= 4 is 44.7 Å². The van der Waals surface area contributed by atoms with Gasteiger partial charge in [-0.05, 0) is 37.7 Å². The normalized spacial score (nSPS) is 17.9. The topological polar surface area (TPSA) is 57.0 Å². The SMILES string of the molecule is O=c1c2c3c(sc2nc(SCc2csc(-c4ccccc4)n2)n1CC1CCCO1)CCC3. The number of nitrogens with zero attached hydrogens (tertiary/aromatic N) is 3. The molecule has 0 N–H and O–H groups in total. The van der Waals surface area contributed by atoms with Crippen LogP contribution < -0.4 is 5.56 Å². The third-order valence-corrected chi connectivity index (χ3v) is 9.26. The molecule has 1 fully saturated rings. The molecule has 1 saturated heterocycles. The average Bonchev–Trinajstić information content (AvgIpc) is 3.60. The van der Waals surface area contributed by atoms with Crippen LogP contribution in [0.5, 0.6) is 0 Å². The second-order valence-electron chi connectivity index (χ2n) is 8.28. The molecule has 3 aromatic heterocycles. The average molecular weight is 482 g/mol. The van der Waals surface area contributed by atoms with Crippen molar-refractivity contribution in [2.75, 3.05) is 6.61 Å². The number of benzene rings is 1. The van der Waals surface area contributed by atoms with Crippen molar-refractivity contribution in [3.05, 3.63) is 62.2 Å². The molecule has 4 heterocycles. The summed E-state index contributed by atoms with van der Waals surface area (Å²) < 4.78 is 7.74. The Morgan fingerprint density at radius 1 is 1.16 bits per heavy atom. The molecule has 0 radical (unpaired) electrons. The first-order valence-electron chi connectivity index (χ1n) is 11.1. The van der Waals surface area contributed by atoms with Crippen molar-refractivity contribution in [1.82, 2.24) is 14.5 Å². The smallest absolute Gasteiger partial charge is 0.263 e. The summed E-state index contributed by atoms with van der Waals surface area (Å²) >= 11 is 4.97. The van der Waals surface area contributed by atoms with Crippen LogP contribution in [-0.4, -0.2) is 27.2 Å². The lowest BCUT2D eigenvalue weighted by Gasteiger charge is -2.15. The molecule has 8 heteroatoms. The predicted octanol–water partition coefficient (Wildman–Crippen LogP) is 5.54. The number of fused-ring (bicyclic) bond motifs is 3. The summed E-state index contributed by atoms with van der Waals surface area (Å²) in [6.07, 6.45) is 5.38. The molecule has 1 aromatic carbocycles. The van der Waals surface area contributed by atoms with Gasteiger partial charge in [-0.15, -0.1) is 22.7 Å². The molecule has 4 aromatic rings. The zero-order valence-corrected chi connectivity index (χ0v) is 20.0. The van der Waals surface area contributed by atoms with Gasteiger partial charge in [-0.25, -0.2) is 9.97 Å². The van der Waals surface area contributed by atoms with Crippen LogP contribution in [-0.2, 0) is 29.9 Å². The van der Waals surface area contributed by atoms with Crippen LogP contribution in [0.2, 0.25) is 0 Å². The van der Waals surface area contributed by atoms with E-state index in [1.807, 2.05) is 22.8 Å². The van der Waals surface area contributed by atoms with E-state index in [4.69, 9.17) is 14.7 Å². The number of aryl methyl sites for hydroxylation is 2. The van der Waals surface area contributed by atoms with Crippen molar-refractivity contribution < 1.29 is 4.74 Å². The Hall–Kier alpha value is -2.00. The maximum atomic E-state index is 13.6. The van der Waals surface area contributed by atoms with Crippen molar-refractivity contribution in [2.45, 2.75) is 55.7 Å². The van der Waals surface area contributed by atoms with E-state index in [0.29, 0.717) is 12.3 Å². The monoisotopic (exact) mass is 481 g/mol. The molecule has 0 bridgehead atoms. The molecule has 164 valence electrons. The number of ether oxygens (including phenoxy) is 1. The highest BCUT2D eigenvalue weighted by Gasteiger charge is 2.25. The van der Waals surface area contributed by atoms with Crippen LogP contribution in [0.4, 0.5) is 0 Å². The van der Waals surface area contributed by atoms with E-state index in [0.717, 1.165) is 70.3 Å². The second kappa shape index (κ2) is 8.74. The molecule has 0 amide bonds. The number of rotatable bonds is 6. The molecular formula is C24H23N3O2S3. The first kappa shape index (κ1) is 20.6. The second-order valence-corrected chi connectivity index (χ2v) is 11.2. The third-order valence-electron chi connectivity index (χ3n) is 6.12. The van der Waals surface area contributed by atoms with Gasteiger partial charge >= 0.3 is 0 Å². The Morgan fingerprint density at radius 2 is 2.06 bits per heavy atom. The van der Waals surface area contributed by atoms with Crippen LogP contribution in [0.25, 0.3) is 20.8 Å². The van der Waals surface area contributed by atoms with Gasteiger partial charge in [0.25, 0.3) is 5.56 Å². The van der Waals surface area contributed by atoms with Crippen molar-refractivity contribution in [3.8, 4) is 10.6 Å². The Morgan fingerprint density at radius 3 is 2.91 bits per heavy atom. The highest BCUT2D eigenvalue weighted by atomic mass is 32.2. The molecule has 0 spiro atoms. The summed E-state index contributed by atoms with van der Waals surface area (Å²) in [4.78, 5) is 25.7. The summed E-state index contributed by atoms with van der Waals surface area (Å²) in [5.74, 6) is 0.692. The summed E-state index contributed by atoms with van der Waals surface area (Å²) in [6.45, 7) is 1.37. The largest absolute Gasteiger partial charge is 0.376 e. The van der Waals surface area contributed by atoms with Crippen molar-refractivity contribution in [2.24, 2.45) is 0 Å². The standard InChI is InChI=1S/C24H23N3O2S3/c28-23-20-18-9-4-10-19(18)32-22(20)26-24(27(23)12-17-8-5-11-29-17)31-14-16-13-30-21(25-16)15-6-2-1-3-7-15/h1-3,6-7,13,17H,4-5,8-12,14H2. The summed E-state index contributed by atoms with van der Waals surface area (Å²) in [6, 6.07) is 10.3. The molecule has 1 atom stereocenters. The predicted molar refractivity (Wildman–Crippen MR) is 132 cm³/mol. The number of aromatic nitrogens is 3. The molecule has 5 nitrogen and oxygen atoms in total. The quantitative estimate of drug-likeness (QED) is 0.267. The fourth-order valence-corrected chi connectivity index (χ4v) is 7.68. The van der Waals surface area contributed by atoms with Gasteiger partial charge in [0.2, 0.25) is 0 Å². The van der Waals surface area contributed by atoms with E-state index >= 15 is 0 Å². The minimum absolute atomic E-state index is 0.0990. The number of thioether (sulfide) groups is 1. The summed E-state index contributed by atoms with van der Waals surface area (Å²) in [5.41, 5.74) is 3.50. The minimum atomic E-state index is 0.0990. The lowest BCUT2D eigenvalue weighted by Crippen LogP contribution is -2.28. The van der Waals surface area contributed by atoms with Gasteiger partial charge in [-0.3, -0.25) is 9.36 Å². The zero-order valence-electron chi connectivity index (χ0n) is 17.6. The van der Waals surface area contributed by atoms with Crippen molar-refractivity contribution in [1.29, 1.82) is 0 Å². The number of hydrogen-bond acceptors (Lipinski definition) is 7. The number of thiophene rings is 1. The van der Waals surface area contributed by atoms with E-state index in [1.165, 1.54) is 10.4 Å². The number of thiazole rings is 1. The van der Waals surface area contributed by atoms with E-state index in [-0.39, 0.29) is 11.7 Å². The van der Waals surface area contributed by atoms with Gasteiger partial charge < -0.3 is 4.74 Å². The Bertz CT molecular complexity index is 1320. The van der Waals surface area contributed by atoms with Gasteiger partial charge in [-0.1, -0.05) is 42.1 Å². The summed E-state index contributed by atoms with van der Waals surface area (Å²) in [7, 11) is 0. The Labute approximate surface area is 198 Å². The van der Waals surface area contributed by atoms with Gasteiger partial charge in [0.15, 0.2) is 5.16 Å². The highest BCUT2D eigenvalue weighted by molar-refractivity contribution is 7.98. The van der Waals surface area contributed by atoms with E-state index in [2.05, 4.69) is 17.5 Å². The Balaban J connectivity index is 1.32. The lowest BCUT2D eigenvalue weighted by molar-refractivity contribution is 0.0937. The molecule has 0 saturated carbocycles. The molecular weight excluding hydrogens is 458 g/mol. The van der Waals surface area contributed by atoms with Gasteiger partial charge in [0.05, 0.1) is 23.7 Å². The maximum Gasteiger partial charge on any atom is 0.263 e. The van der Waals surface area contributed by atoms with Gasteiger partial charge in [0, 0.05) is 28.2 Å². The molecule has 1 unspecified atom stereocenters. The fourth-order valence-electron chi connectivity index (χ4n) is 4.55. The van der Waals surface area contributed by atoms with E-state index in [9.17, 15) is 4.79 Å². The van der Waals surface area contributed by atoms with Gasteiger partial charge in [0.1, 0.15) is 9.84 Å². The Kier molecular flexibility index (Phi) is 5.63. The van der Waals surface area contributed by atoms with Crippen LogP contribution in [0.3, 0.4) is 0 Å². The van der Waals surface area contributed by atoms with Crippen LogP contribution >= 0.6 is 34.4 Å². The van der Waals surface area contributed by atoms with Crippen LogP contribution in [0.15, 0.2) is 45.7 Å². The third kappa shape index (κ3) is 3.83. The molecule has 1 aliphatic heterocycles. The number of hydrogen-bond donors (Lipinski definition) is 0. The van der Waals surface area contributed by atoms with Crippen molar-refractivity contribution in [3.63, 3.8) is 0 Å². The van der Waals surface area contributed by atoms with Gasteiger partial charge in [-0.2, -0.15) is 0 Å².